The standard InChI is InChI=1S/C25H25N3S/c1-15(2)28-22-10-6-5-9-21(22)27-24(28)18-12-20-19-11-16-7-3-4-8-17(16)13-23(19)29-25(20)26-14-18/h5-6,9-15,24,27H,3-4,7-8H2,1-2H3. The van der Waals surface area contributed by atoms with Crippen molar-refractivity contribution in [3.8, 4) is 0 Å². The number of nitrogens with zero attached hydrogens (tertiary/aromatic N) is 2. The Balaban J connectivity index is 1.49. The summed E-state index contributed by atoms with van der Waals surface area (Å²) < 4.78 is 1.38. The van der Waals surface area contributed by atoms with E-state index in [1.807, 2.05) is 11.3 Å². The maximum atomic E-state index is 4.90. The number of fused-ring (bicyclic) bond motifs is 5. The first-order valence-corrected chi connectivity index (χ1v) is 11.5. The Morgan fingerprint density at radius 1 is 1.03 bits per heavy atom. The fourth-order valence-electron chi connectivity index (χ4n) is 5.05. The van der Waals surface area contributed by atoms with Gasteiger partial charge in [0.15, 0.2) is 0 Å². The van der Waals surface area contributed by atoms with Crippen molar-refractivity contribution in [2.24, 2.45) is 0 Å². The van der Waals surface area contributed by atoms with Crippen molar-refractivity contribution in [2.45, 2.75) is 51.7 Å². The number of benzene rings is 2. The van der Waals surface area contributed by atoms with Crippen LogP contribution in [0.2, 0.25) is 0 Å². The molecule has 146 valence electrons. The van der Waals surface area contributed by atoms with Crippen molar-refractivity contribution < 1.29 is 0 Å². The first-order chi connectivity index (χ1) is 14.2. The van der Waals surface area contributed by atoms with E-state index < -0.39 is 0 Å². The van der Waals surface area contributed by atoms with Crippen LogP contribution in [0.25, 0.3) is 20.3 Å². The third-order valence-electron chi connectivity index (χ3n) is 6.44. The van der Waals surface area contributed by atoms with Gasteiger partial charge in [-0.25, -0.2) is 4.98 Å². The molecule has 1 aliphatic carbocycles. The molecule has 4 aromatic rings. The third-order valence-corrected chi connectivity index (χ3v) is 7.51. The number of pyridine rings is 1. The number of aryl methyl sites for hydroxylation is 2. The molecule has 0 fully saturated rings. The lowest BCUT2D eigenvalue weighted by atomic mass is 9.90. The van der Waals surface area contributed by atoms with Crippen LogP contribution >= 0.6 is 11.3 Å². The molecule has 3 heterocycles. The number of thiophene rings is 1. The van der Waals surface area contributed by atoms with E-state index in [2.05, 4.69) is 72.7 Å². The molecule has 0 spiro atoms. The van der Waals surface area contributed by atoms with Gasteiger partial charge < -0.3 is 10.2 Å². The summed E-state index contributed by atoms with van der Waals surface area (Å²) in [5, 5.41) is 6.41. The molecular weight excluding hydrogens is 374 g/mol. The summed E-state index contributed by atoms with van der Waals surface area (Å²) in [6.07, 6.45) is 7.28. The largest absolute Gasteiger partial charge is 0.360 e. The quantitative estimate of drug-likeness (QED) is 0.408. The first-order valence-electron chi connectivity index (χ1n) is 10.7. The van der Waals surface area contributed by atoms with Crippen molar-refractivity contribution in [3.05, 3.63) is 65.4 Å². The Morgan fingerprint density at radius 2 is 1.83 bits per heavy atom. The summed E-state index contributed by atoms with van der Waals surface area (Å²) in [5.41, 5.74) is 6.81. The van der Waals surface area contributed by atoms with Gasteiger partial charge in [0.05, 0.1) is 11.4 Å². The summed E-state index contributed by atoms with van der Waals surface area (Å²) in [6.45, 7) is 4.52. The number of anilines is 2. The van der Waals surface area contributed by atoms with Crippen LogP contribution < -0.4 is 10.2 Å². The van der Waals surface area contributed by atoms with Gasteiger partial charge in [-0.2, -0.15) is 0 Å². The highest BCUT2D eigenvalue weighted by molar-refractivity contribution is 7.25. The zero-order valence-corrected chi connectivity index (χ0v) is 17.7. The summed E-state index contributed by atoms with van der Waals surface area (Å²) >= 11 is 1.84. The average Bonchev–Trinajstić information content (AvgIpc) is 3.29. The molecule has 0 saturated heterocycles. The number of hydrogen-bond donors (Lipinski definition) is 1. The molecule has 2 aromatic carbocycles. The predicted molar refractivity (Wildman–Crippen MR) is 124 cm³/mol. The van der Waals surface area contributed by atoms with E-state index in [0.717, 1.165) is 4.83 Å². The molecule has 4 heteroatoms. The number of para-hydroxylation sites is 2. The minimum absolute atomic E-state index is 0.122. The Kier molecular flexibility index (Phi) is 3.85. The lowest BCUT2D eigenvalue weighted by Crippen LogP contribution is -2.34. The molecular formula is C25H25N3S. The minimum atomic E-state index is 0.122. The smallest absolute Gasteiger partial charge is 0.127 e. The van der Waals surface area contributed by atoms with E-state index in [1.54, 1.807) is 11.1 Å². The highest BCUT2D eigenvalue weighted by atomic mass is 32.1. The van der Waals surface area contributed by atoms with Gasteiger partial charge in [-0.3, -0.25) is 0 Å². The monoisotopic (exact) mass is 399 g/mol. The molecule has 0 radical (unpaired) electrons. The molecule has 3 nitrogen and oxygen atoms in total. The molecule has 29 heavy (non-hydrogen) atoms. The van der Waals surface area contributed by atoms with Gasteiger partial charge in [0.25, 0.3) is 0 Å². The van der Waals surface area contributed by atoms with Gasteiger partial charge in [0, 0.05) is 33.3 Å². The van der Waals surface area contributed by atoms with Crippen LogP contribution in [0.15, 0.2) is 48.7 Å². The number of aromatic nitrogens is 1. The van der Waals surface area contributed by atoms with E-state index in [1.165, 1.54) is 58.1 Å². The van der Waals surface area contributed by atoms with Crippen molar-refractivity contribution in [3.63, 3.8) is 0 Å². The van der Waals surface area contributed by atoms with Gasteiger partial charge in [-0.15, -0.1) is 11.3 Å². The Hall–Kier alpha value is -2.59. The zero-order valence-electron chi connectivity index (χ0n) is 16.9. The Labute approximate surface area is 175 Å². The molecule has 1 aliphatic heterocycles. The van der Waals surface area contributed by atoms with Gasteiger partial charge >= 0.3 is 0 Å². The summed E-state index contributed by atoms with van der Waals surface area (Å²) in [7, 11) is 0. The molecule has 2 aromatic heterocycles. The number of rotatable bonds is 2. The molecule has 1 N–H and O–H groups in total. The van der Waals surface area contributed by atoms with Crippen molar-refractivity contribution >= 4 is 43.0 Å². The highest BCUT2D eigenvalue weighted by Gasteiger charge is 2.32. The second kappa shape index (κ2) is 6.46. The second-order valence-corrected chi connectivity index (χ2v) is 9.64. The number of hydrogen-bond acceptors (Lipinski definition) is 4. The SMILES string of the molecule is CC(C)N1c2ccccc2NC1c1cnc2sc3cc4c(cc3c2c1)CCCC4. The Morgan fingerprint density at radius 3 is 2.66 bits per heavy atom. The van der Waals surface area contributed by atoms with Crippen LogP contribution in [-0.2, 0) is 12.8 Å². The molecule has 1 atom stereocenters. The highest BCUT2D eigenvalue weighted by Crippen LogP contribution is 2.44. The van der Waals surface area contributed by atoms with Gasteiger partial charge in [0.1, 0.15) is 11.0 Å². The topological polar surface area (TPSA) is 28.2 Å². The van der Waals surface area contributed by atoms with Crippen LogP contribution in [0.4, 0.5) is 11.4 Å². The summed E-state index contributed by atoms with van der Waals surface area (Å²) in [5.74, 6) is 0. The van der Waals surface area contributed by atoms with Gasteiger partial charge in [-0.05, 0) is 81.0 Å². The molecule has 6 rings (SSSR count). The average molecular weight is 400 g/mol. The lowest BCUT2D eigenvalue weighted by Gasteiger charge is -2.30. The maximum absolute atomic E-state index is 4.90. The predicted octanol–water partition coefficient (Wildman–Crippen LogP) is 6.67. The molecule has 0 amide bonds. The summed E-state index contributed by atoms with van der Waals surface area (Å²) in [6, 6.07) is 16.3. The van der Waals surface area contributed by atoms with E-state index in [0.29, 0.717) is 6.04 Å². The van der Waals surface area contributed by atoms with Crippen LogP contribution in [0.1, 0.15) is 49.5 Å². The normalized spacial score (nSPS) is 18.3. The fourth-order valence-corrected chi connectivity index (χ4v) is 6.12. The van der Waals surface area contributed by atoms with Crippen molar-refractivity contribution in [2.75, 3.05) is 10.2 Å². The van der Waals surface area contributed by atoms with Crippen molar-refractivity contribution in [1.29, 1.82) is 0 Å². The number of nitrogens with one attached hydrogen (secondary N) is 1. The first kappa shape index (κ1) is 17.3. The van der Waals surface area contributed by atoms with E-state index in [9.17, 15) is 0 Å². The van der Waals surface area contributed by atoms with E-state index in [4.69, 9.17) is 4.98 Å². The van der Waals surface area contributed by atoms with Crippen LogP contribution in [0, 0.1) is 0 Å². The van der Waals surface area contributed by atoms with Crippen LogP contribution in [0.3, 0.4) is 0 Å². The third kappa shape index (κ3) is 2.66. The van der Waals surface area contributed by atoms with Gasteiger partial charge in [0.2, 0.25) is 0 Å². The van der Waals surface area contributed by atoms with E-state index >= 15 is 0 Å². The van der Waals surface area contributed by atoms with Gasteiger partial charge in [-0.1, -0.05) is 12.1 Å². The fraction of sp³-hybridized carbons (Fsp3) is 0.320. The zero-order chi connectivity index (χ0) is 19.5. The minimum Gasteiger partial charge on any atom is -0.360 e. The maximum Gasteiger partial charge on any atom is 0.127 e. The molecule has 1 unspecified atom stereocenters. The molecule has 2 aliphatic rings. The van der Waals surface area contributed by atoms with E-state index in [-0.39, 0.29) is 6.17 Å². The Bertz CT molecular complexity index is 1240. The summed E-state index contributed by atoms with van der Waals surface area (Å²) in [4.78, 5) is 8.52. The molecule has 0 bridgehead atoms. The van der Waals surface area contributed by atoms with Crippen LogP contribution in [-0.4, -0.2) is 11.0 Å². The lowest BCUT2D eigenvalue weighted by molar-refractivity contribution is 0.628. The molecule has 0 saturated carbocycles. The second-order valence-electron chi connectivity index (χ2n) is 8.61. The van der Waals surface area contributed by atoms with Crippen molar-refractivity contribution in [1.82, 2.24) is 4.98 Å². The van der Waals surface area contributed by atoms with Crippen LogP contribution in [0.5, 0.6) is 0 Å².